The summed E-state index contributed by atoms with van der Waals surface area (Å²) >= 11 is 0. The molecule has 0 aromatic carbocycles. The molecule has 1 fully saturated rings. The molecule has 1 aliphatic rings. The molecule has 7 nitrogen and oxygen atoms in total. The third kappa shape index (κ3) is 8.49. The highest BCUT2D eigenvalue weighted by molar-refractivity contribution is 5.86. The largest absolute Gasteiger partial charge is 0.444 e. The van der Waals surface area contributed by atoms with Crippen LogP contribution in [0.4, 0.5) is 9.18 Å². The van der Waals surface area contributed by atoms with E-state index in [9.17, 15) is 14.0 Å². The smallest absolute Gasteiger partial charge is 0.408 e. The third-order valence-corrected chi connectivity index (χ3v) is 3.61. The van der Waals surface area contributed by atoms with E-state index < -0.39 is 23.4 Å². The van der Waals surface area contributed by atoms with E-state index in [2.05, 4.69) is 5.32 Å². The summed E-state index contributed by atoms with van der Waals surface area (Å²) < 4.78 is 24.0. The fourth-order valence-corrected chi connectivity index (χ4v) is 2.67. The Kier molecular flexibility index (Phi) is 7.62. The molecular formula is C17H32FN3O4. The fourth-order valence-electron chi connectivity index (χ4n) is 2.67. The number of alkyl carbamates (subject to hydrolysis) is 1. The van der Waals surface area contributed by atoms with E-state index in [1.54, 1.807) is 39.5 Å². The summed E-state index contributed by atoms with van der Waals surface area (Å²) in [5, 5.41) is 2.57. The molecule has 1 atom stereocenters. The highest BCUT2D eigenvalue weighted by Gasteiger charge is 2.31. The zero-order valence-electron chi connectivity index (χ0n) is 16.2. The number of rotatable bonds is 6. The fraction of sp³-hybridized carbons (Fsp3) is 0.882. The van der Waals surface area contributed by atoms with Gasteiger partial charge in [-0.25, -0.2) is 9.18 Å². The van der Waals surface area contributed by atoms with Crippen molar-refractivity contribution in [3.05, 3.63) is 0 Å². The molecule has 0 aromatic heterocycles. The van der Waals surface area contributed by atoms with Crippen LogP contribution >= 0.6 is 0 Å². The molecule has 0 aliphatic carbocycles. The maximum absolute atomic E-state index is 13.7. The SMILES string of the molecule is COC[C@H](NC(=O)OC(C)(C)C)C(=O)N1CCN(CC(C)(C)F)CC1. The molecule has 0 aromatic rings. The number of nitrogens with one attached hydrogen (secondary N) is 1. The van der Waals surface area contributed by atoms with Crippen molar-refractivity contribution in [3.8, 4) is 0 Å². The molecule has 1 saturated heterocycles. The normalized spacial score (nSPS) is 18.0. The Hall–Kier alpha value is -1.41. The van der Waals surface area contributed by atoms with E-state index in [1.807, 2.05) is 4.90 Å². The Morgan fingerprint density at radius 1 is 1.12 bits per heavy atom. The van der Waals surface area contributed by atoms with Crippen LogP contribution in [0, 0.1) is 0 Å². The van der Waals surface area contributed by atoms with E-state index in [4.69, 9.17) is 9.47 Å². The summed E-state index contributed by atoms with van der Waals surface area (Å²) in [7, 11) is 1.47. The lowest BCUT2D eigenvalue weighted by molar-refractivity contribution is -0.136. The van der Waals surface area contributed by atoms with Gasteiger partial charge in [0.1, 0.15) is 17.3 Å². The molecule has 1 heterocycles. The molecule has 1 rings (SSSR count). The van der Waals surface area contributed by atoms with Crippen molar-refractivity contribution in [1.82, 2.24) is 15.1 Å². The molecular weight excluding hydrogens is 329 g/mol. The zero-order chi connectivity index (χ0) is 19.3. The van der Waals surface area contributed by atoms with Gasteiger partial charge in [-0.15, -0.1) is 0 Å². The van der Waals surface area contributed by atoms with E-state index in [0.717, 1.165) is 0 Å². The summed E-state index contributed by atoms with van der Waals surface area (Å²) in [6, 6.07) is -0.802. The molecule has 146 valence electrons. The van der Waals surface area contributed by atoms with Gasteiger partial charge in [0, 0.05) is 39.8 Å². The van der Waals surface area contributed by atoms with Crippen LogP contribution in [0.1, 0.15) is 34.6 Å². The molecule has 1 aliphatic heterocycles. The number of methoxy groups -OCH3 is 1. The minimum absolute atomic E-state index is 0.0653. The number of halogens is 1. The lowest BCUT2D eigenvalue weighted by Crippen LogP contribution is -2.57. The number of piperazine rings is 1. The van der Waals surface area contributed by atoms with Crippen molar-refractivity contribution >= 4 is 12.0 Å². The van der Waals surface area contributed by atoms with Crippen molar-refractivity contribution in [1.29, 1.82) is 0 Å². The van der Waals surface area contributed by atoms with Crippen LogP contribution < -0.4 is 5.32 Å². The van der Waals surface area contributed by atoms with E-state index in [0.29, 0.717) is 32.7 Å². The molecule has 1 N–H and O–H groups in total. The van der Waals surface area contributed by atoms with Gasteiger partial charge in [0.25, 0.3) is 0 Å². The van der Waals surface area contributed by atoms with Crippen molar-refractivity contribution in [2.45, 2.75) is 51.9 Å². The first kappa shape index (κ1) is 21.6. The molecule has 25 heavy (non-hydrogen) atoms. The Morgan fingerprint density at radius 2 is 1.68 bits per heavy atom. The first-order chi connectivity index (χ1) is 11.4. The molecule has 0 spiro atoms. The van der Waals surface area contributed by atoms with Crippen molar-refractivity contribution in [2.24, 2.45) is 0 Å². The molecule has 8 heteroatoms. The Bertz CT molecular complexity index is 452. The Labute approximate surface area is 149 Å². The quantitative estimate of drug-likeness (QED) is 0.775. The van der Waals surface area contributed by atoms with Gasteiger partial charge in [-0.05, 0) is 34.6 Å². The van der Waals surface area contributed by atoms with Gasteiger partial charge in [-0.2, -0.15) is 0 Å². The number of alkyl halides is 1. The second-order valence-corrected chi connectivity index (χ2v) is 7.97. The summed E-state index contributed by atoms with van der Waals surface area (Å²) in [5.74, 6) is -0.216. The predicted octanol–water partition coefficient (Wildman–Crippen LogP) is 1.42. The maximum Gasteiger partial charge on any atom is 0.408 e. The minimum Gasteiger partial charge on any atom is -0.444 e. The van der Waals surface area contributed by atoms with Crippen molar-refractivity contribution in [3.63, 3.8) is 0 Å². The van der Waals surface area contributed by atoms with Crippen molar-refractivity contribution < 1.29 is 23.5 Å². The van der Waals surface area contributed by atoms with Crippen LogP contribution in [0.3, 0.4) is 0 Å². The first-order valence-electron chi connectivity index (χ1n) is 8.60. The number of hydrogen-bond donors (Lipinski definition) is 1. The summed E-state index contributed by atoms with van der Waals surface area (Å²) in [4.78, 5) is 28.3. The monoisotopic (exact) mass is 361 g/mol. The minimum atomic E-state index is -1.26. The number of ether oxygens (including phenoxy) is 2. The number of hydrogen-bond acceptors (Lipinski definition) is 5. The molecule has 0 saturated carbocycles. The predicted molar refractivity (Wildman–Crippen MR) is 93.2 cm³/mol. The van der Waals surface area contributed by atoms with Crippen molar-refractivity contribution in [2.75, 3.05) is 46.4 Å². The lowest BCUT2D eigenvalue weighted by Gasteiger charge is -2.38. The van der Waals surface area contributed by atoms with Crippen LogP contribution in [0.2, 0.25) is 0 Å². The summed E-state index contributed by atoms with van der Waals surface area (Å²) in [5.41, 5.74) is -1.90. The topological polar surface area (TPSA) is 71.1 Å². The summed E-state index contributed by atoms with van der Waals surface area (Å²) in [6.45, 7) is 10.9. The zero-order valence-corrected chi connectivity index (χ0v) is 16.2. The molecule has 0 radical (unpaired) electrons. The van der Waals surface area contributed by atoms with Gasteiger partial charge in [-0.3, -0.25) is 9.69 Å². The van der Waals surface area contributed by atoms with Gasteiger partial charge < -0.3 is 19.7 Å². The molecule has 2 amide bonds. The van der Waals surface area contributed by atoms with Gasteiger partial charge in [0.05, 0.1) is 6.61 Å². The lowest BCUT2D eigenvalue weighted by atomic mass is 10.1. The molecule has 0 bridgehead atoms. The maximum atomic E-state index is 13.7. The highest BCUT2D eigenvalue weighted by Crippen LogP contribution is 2.13. The van der Waals surface area contributed by atoms with E-state index >= 15 is 0 Å². The van der Waals surface area contributed by atoms with Crippen LogP contribution in [0.25, 0.3) is 0 Å². The third-order valence-electron chi connectivity index (χ3n) is 3.61. The average molecular weight is 361 g/mol. The number of carbonyl (C=O) groups is 2. The average Bonchev–Trinajstić information content (AvgIpc) is 2.43. The van der Waals surface area contributed by atoms with Gasteiger partial charge in [0.15, 0.2) is 0 Å². The number of carbonyl (C=O) groups excluding carboxylic acids is 2. The van der Waals surface area contributed by atoms with E-state index in [1.165, 1.54) is 7.11 Å². The second-order valence-electron chi connectivity index (χ2n) is 7.97. The van der Waals surface area contributed by atoms with Crippen LogP contribution in [0.15, 0.2) is 0 Å². The second kappa shape index (κ2) is 8.80. The van der Waals surface area contributed by atoms with Gasteiger partial charge in [0.2, 0.25) is 5.91 Å². The number of nitrogens with zero attached hydrogens (tertiary/aromatic N) is 2. The Balaban J connectivity index is 2.58. The van der Waals surface area contributed by atoms with Crippen LogP contribution in [-0.2, 0) is 14.3 Å². The van der Waals surface area contributed by atoms with Gasteiger partial charge in [-0.1, -0.05) is 0 Å². The standard InChI is InChI=1S/C17H32FN3O4/c1-16(2,3)25-15(23)19-13(11-24-6)14(22)21-9-7-20(8-10-21)12-17(4,5)18/h13H,7-12H2,1-6H3,(H,19,23)/t13-/m0/s1. The van der Waals surface area contributed by atoms with Crippen LogP contribution in [0.5, 0.6) is 0 Å². The van der Waals surface area contributed by atoms with Gasteiger partial charge >= 0.3 is 6.09 Å². The molecule has 0 unspecified atom stereocenters. The van der Waals surface area contributed by atoms with Crippen LogP contribution in [-0.4, -0.2) is 85.6 Å². The Morgan fingerprint density at radius 3 is 2.12 bits per heavy atom. The highest BCUT2D eigenvalue weighted by atomic mass is 19.1. The summed E-state index contributed by atoms with van der Waals surface area (Å²) in [6.07, 6.45) is -0.652. The number of amides is 2. The first-order valence-corrected chi connectivity index (χ1v) is 8.60. The van der Waals surface area contributed by atoms with E-state index in [-0.39, 0.29) is 12.5 Å².